The summed E-state index contributed by atoms with van der Waals surface area (Å²) in [7, 11) is 0. The number of likely N-dealkylation sites (N-methyl/N-ethyl adjacent to an activating group) is 1. The first kappa shape index (κ1) is 28.2. The van der Waals surface area contributed by atoms with Crippen molar-refractivity contribution in [2.24, 2.45) is 0 Å². The maximum Gasteiger partial charge on any atom is 0.407 e. The van der Waals surface area contributed by atoms with Crippen LogP contribution in [0.15, 0.2) is 18.2 Å². The van der Waals surface area contributed by atoms with E-state index in [1.54, 1.807) is 0 Å². The van der Waals surface area contributed by atoms with Gasteiger partial charge in [-0.3, -0.25) is 4.79 Å². The molecule has 1 saturated heterocycles. The number of anilines is 1. The molecule has 2 aliphatic rings. The van der Waals surface area contributed by atoms with Crippen LogP contribution in [-0.2, 0) is 16.0 Å². The molecule has 0 saturated carbocycles. The molecule has 1 atom stereocenters. The second-order valence-corrected chi connectivity index (χ2v) is 8.68. The molecule has 2 amide bonds. The maximum atomic E-state index is 12.0. The van der Waals surface area contributed by atoms with E-state index in [0.717, 1.165) is 56.8 Å². The first-order chi connectivity index (χ1) is 16.0. The highest BCUT2D eigenvalue weighted by Gasteiger charge is 2.24. The molecule has 0 aromatic heterocycles. The lowest BCUT2D eigenvalue weighted by molar-refractivity contribution is -0.116. The first-order valence-electron chi connectivity index (χ1n) is 12.1. The van der Waals surface area contributed by atoms with E-state index in [2.05, 4.69) is 34.3 Å². The molecular formula is C24H39ClN4O5. The van der Waals surface area contributed by atoms with Gasteiger partial charge in [0.25, 0.3) is 0 Å². The van der Waals surface area contributed by atoms with Crippen molar-refractivity contribution >= 4 is 30.1 Å². The van der Waals surface area contributed by atoms with Gasteiger partial charge in [0.1, 0.15) is 25.1 Å². The molecule has 1 aromatic rings. The number of alkyl carbamates (subject to hydrolysis) is 1. The van der Waals surface area contributed by atoms with Crippen LogP contribution in [0.2, 0.25) is 0 Å². The Morgan fingerprint density at radius 2 is 2.00 bits per heavy atom. The Labute approximate surface area is 208 Å². The van der Waals surface area contributed by atoms with Crippen LogP contribution in [0.5, 0.6) is 5.75 Å². The number of amides is 2. The van der Waals surface area contributed by atoms with Gasteiger partial charge in [0, 0.05) is 49.9 Å². The van der Waals surface area contributed by atoms with Crippen LogP contribution in [0.1, 0.15) is 38.7 Å². The lowest BCUT2D eigenvalue weighted by atomic mass is 10.0. The quantitative estimate of drug-likeness (QED) is 0.430. The molecule has 1 fully saturated rings. The van der Waals surface area contributed by atoms with E-state index < -0.39 is 6.10 Å². The molecule has 192 valence electrons. The first-order valence-corrected chi connectivity index (χ1v) is 12.1. The van der Waals surface area contributed by atoms with E-state index in [1.165, 1.54) is 0 Å². The molecule has 0 bridgehead atoms. The second kappa shape index (κ2) is 14.4. The number of rotatable bonds is 11. The molecule has 34 heavy (non-hydrogen) atoms. The molecule has 0 radical (unpaired) electrons. The predicted molar refractivity (Wildman–Crippen MR) is 134 cm³/mol. The third kappa shape index (κ3) is 8.61. The maximum absolute atomic E-state index is 12.0. The summed E-state index contributed by atoms with van der Waals surface area (Å²) >= 11 is 0. The van der Waals surface area contributed by atoms with Gasteiger partial charge in [-0.15, -0.1) is 12.4 Å². The third-order valence-electron chi connectivity index (χ3n) is 6.35. The zero-order chi connectivity index (χ0) is 23.6. The van der Waals surface area contributed by atoms with Crippen molar-refractivity contribution in [2.45, 2.75) is 51.7 Å². The Bertz CT molecular complexity index is 785. The Morgan fingerprint density at radius 3 is 2.71 bits per heavy atom. The lowest BCUT2D eigenvalue weighted by Crippen LogP contribution is -2.47. The average molecular weight is 499 g/mol. The van der Waals surface area contributed by atoms with E-state index in [4.69, 9.17) is 9.47 Å². The standard InChI is InChI=1S/C24H38N4O5.ClH/c1-3-27(4-2)14-15-32-24(31)25-18-10-12-28(13-11-18)16-19(29)17-33-22-7-5-6-21-20(22)8-9-23(30)26-21;/h5-7,18-19,29H,3-4,8-17H2,1-2H3,(H,25,31)(H,26,30);1H. The Hall–Kier alpha value is -2.07. The molecule has 1 aromatic carbocycles. The van der Waals surface area contributed by atoms with E-state index in [0.29, 0.717) is 31.7 Å². The summed E-state index contributed by atoms with van der Waals surface area (Å²) in [6.07, 6.45) is 1.77. The second-order valence-electron chi connectivity index (χ2n) is 8.68. The van der Waals surface area contributed by atoms with E-state index in [9.17, 15) is 14.7 Å². The number of benzene rings is 1. The minimum absolute atomic E-state index is 0. The normalized spacial score (nSPS) is 17.4. The topological polar surface area (TPSA) is 103 Å². The van der Waals surface area contributed by atoms with Crippen molar-refractivity contribution in [3.8, 4) is 5.75 Å². The Kier molecular flexibility index (Phi) is 11.9. The number of β-amino-alcohol motifs (C(OH)–C–C–N with tert-alkyl or cyclic N) is 1. The largest absolute Gasteiger partial charge is 0.490 e. The summed E-state index contributed by atoms with van der Waals surface area (Å²) < 4.78 is 11.2. The van der Waals surface area contributed by atoms with E-state index >= 15 is 0 Å². The van der Waals surface area contributed by atoms with Crippen molar-refractivity contribution in [3.05, 3.63) is 23.8 Å². The van der Waals surface area contributed by atoms with Gasteiger partial charge in [0.2, 0.25) is 5.91 Å². The van der Waals surface area contributed by atoms with Gasteiger partial charge in [0.05, 0.1) is 0 Å². The number of carbonyl (C=O) groups is 2. The number of nitrogens with zero attached hydrogens (tertiary/aromatic N) is 2. The molecule has 3 N–H and O–H groups in total. The number of aliphatic hydroxyl groups excluding tert-OH is 1. The molecule has 3 rings (SSSR count). The van der Waals surface area contributed by atoms with Crippen LogP contribution in [0.4, 0.5) is 10.5 Å². The number of hydrogen-bond donors (Lipinski definition) is 3. The van der Waals surface area contributed by atoms with Crippen LogP contribution in [0.3, 0.4) is 0 Å². The number of carbonyl (C=O) groups excluding carboxylic acids is 2. The Balaban J connectivity index is 0.00000408. The molecule has 9 nitrogen and oxygen atoms in total. The molecule has 0 spiro atoms. The van der Waals surface area contributed by atoms with Crippen LogP contribution in [0, 0.1) is 0 Å². The van der Waals surface area contributed by atoms with Crippen molar-refractivity contribution in [2.75, 3.05) is 57.8 Å². The summed E-state index contributed by atoms with van der Waals surface area (Å²) in [5.74, 6) is 0.736. The number of hydrogen-bond acceptors (Lipinski definition) is 7. The molecule has 0 aliphatic carbocycles. The number of piperidine rings is 1. The van der Waals surface area contributed by atoms with E-state index in [-0.39, 0.29) is 37.1 Å². The number of fused-ring (bicyclic) bond motifs is 1. The smallest absolute Gasteiger partial charge is 0.407 e. The highest BCUT2D eigenvalue weighted by Crippen LogP contribution is 2.31. The Morgan fingerprint density at radius 1 is 1.26 bits per heavy atom. The minimum Gasteiger partial charge on any atom is -0.490 e. The molecule has 1 unspecified atom stereocenters. The fraction of sp³-hybridized carbons (Fsp3) is 0.667. The minimum atomic E-state index is -0.617. The van der Waals surface area contributed by atoms with Gasteiger partial charge in [0.15, 0.2) is 0 Å². The number of aliphatic hydroxyl groups is 1. The fourth-order valence-electron chi connectivity index (χ4n) is 4.34. The summed E-state index contributed by atoms with van der Waals surface area (Å²) in [4.78, 5) is 28.0. The zero-order valence-corrected chi connectivity index (χ0v) is 21.1. The van der Waals surface area contributed by atoms with Crippen molar-refractivity contribution in [1.29, 1.82) is 0 Å². The fourth-order valence-corrected chi connectivity index (χ4v) is 4.34. The number of nitrogens with one attached hydrogen (secondary N) is 2. The molecule has 2 heterocycles. The van der Waals surface area contributed by atoms with Crippen LogP contribution in [-0.4, -0.2) is 91.5 Å². The number of halogens is 1. The van der Waals surface area contributed by atoms with Crippen molar-refractivity contribution in [1.82, 2.24) is 15.1 Å². The molecular weight excluding hydrogens is 460 g/mol. The highest BCUT2D eigenvalue weighted by atomic mass is 35.5. The van der Waals surface area contributed by atoms with Crippen LogP contribution in [0.25, 0.3) is 0 Å². The summed E-state index contributed by atoms with van der Waals surface area (Å²) in [5, 5.41) is 16.3. The van der Waals surface area contributed by atoms with Gasteiger partial charge < -0.3 is 35.0 Å². The zero-order valence-electron chi connectivity index (χ0n) is 20.3. The van der Waals surface area contributed by atoms with Gasteiger partial charge in [-0.05, 0) is 44.5 Å². The van der Waals surface area contributed by atoms with Crippen molar-refractivity contribution in [3.63, 3.8) is 0 Å². The SMILES string of the molecule is CCN(CC)CCOC(=O)NC1CCN(CC(O)COc2cccc3c2CCC(=O)N3)CC1.Cl. The summed E-state index contributed by atoms with van der Waals surface area (Å²) in [6.45, 7) is 9.54. The van der Waals surface area contributed by atoms with E-state index in [1.807, 2.05) is 18.2 Å². The van der Waals surface area contributed by atoms with Crippen LogP contribution < -0.4 is 15.4 Å². The third-order valence-corrected chi connectivity index (χ3v) is 6.35. The monoisotopic (exact) mass is 498 g/mol. The van der Waals surface area contributed by atoms with Crippen molar-refractivity contribution < 1.29 is 24.2 Å². The van der Waals surface area contributed by atoms with Gasteiger partial charge >= 0.3 is 6.09 Å². The number of ether oxygens (including phenoxy) is 2. The average Bonchev–Trinajstić information content (AvgIpc) is 2.81. The van der Waals surface area contributed by atoms with Gasteiger partial charge in [-0.1, -0.05) is 19.9 Å². The van der Waals surface area contributed by atoms with Crippen LogP contribution >= 0.6 is 12.4 Å². The lowest BCUT2D eigenvalue weighted by Gasteiger charge is -2.33. The summed E-state index contributed by atoms with van der Waals surface area (Å²) in [5.41, 5.74) is 1.78. The molecule has 2 aliphatic heterocycles. The van der Waals surface area contributed by atoms with Gasteiger partial charge in [-0.25, -0.2) is 4.79 Å². The highest BCUT2D eigenvalue weighted by molar-refractivity contribution is 5.94. The van der Waals surface area contributed by atoms with Gasteiger partial charge in [-0.2, -0.15) is 0 Å². The number of likely N-dealkylation sites (tertiary alicyclic amines) is 1. The summed E-state index contributed by atoms with van der Waals surface area (Å²) in [6, 6.07) is 5.69. The predicted octanol–water partition coefficient (Wildman–Crippen LogP) is 2.27. The molecule has 10 heteroatoms.